The third-order valence-corrected chi connectivity index (χ3v) is 1.66. The molecule has 0 spiro atoms. The minimum atomic E-state index is 0.408. The van der Waals surface area contributed by atoms with Gasteiger partial charge in [-0.05, 0) is 18.1 Å². The van der Waals surface area contributed by atoms with Crippen LogP contribution in [0.3, 0.4) is 0 Å². The molecule has 0 N–H and O–H groups in total. The molecule has 0 amide bonds. The normalized spacial score (nSPS) is 9.69. The molecule has 0 aliphatic heterocycles. The van der Waals surface area contributed by atoms with Gasteiger partial charge in [-0.15, -0.1) is 0 Å². The first-order chi connectivity index (χ1) is 6.33. The number of rotatable bonds is 4. The summed E-state index contributed by atoms with van der Waals surface area (Å²) >= 11 is 0. The van der Waals surface area contributed by atoms with Crippen LogP contribution in [0.4, 0.5) is 0 Å². The van der Waals surface area contributed by atoms with Crippen LogP contribution in [0.15, 0.2) is 35.4 Å². The Labute approximate surface area is 77.4 Å². The maximum Gasteiger partial charge on any atom is 0.0774 e. The number of hydrogen-bond donors (Lipinski definition) is 0. The molecule has 0 unspecified atom stereocenters. The van der Waals surface area contributed by atoms with Crippen LogP contribution >= 0.6 is 0 Å². The highest BCUT2D eigenvalue weighted by Crippen LogP contribution is 2.01. The fraction of sp³-hybridized carbons (Fsp3) is 0.333. The van der Waals surface area contributed by atoms with Crippen LogP contribution in [-0.2, 0) is 6.54 Å². The van der Waals surface area contributed by atoms with Crippen LogP contribution in [0.5, 0.6) is 0 Å². The zero-order valence-corrected chi connectivity index (χ0v) is 7.59. The van der Waals surface area contributed by atoms with E-state index < -0.39 is 0 Å². The Balaban J connectivity index is 2.45. The molecule has 1 aromatic rings. The highest BCUT2D eigenvalue weighted by molar-refractivity contribution is 5.14. The van der Waals surface area contributed by atoms with E-state index in [1.54, 1.807) is 0 Å². The Bertz CT molecular complexity index is 290. The van der Waals surface area contributed by atoms with Crippen LogP contribution in [0.1, 0.15) is 5.56 Å². The smallest absolute Gasteiger partial charge is 0.0774 e. The van der Waals surface area contributed by atoms with Gasteiger partial charge >= 0.3 is 0 Å². The Kier molecular flexibility index (Phi) is 3.82. The Morgan fingerprint density at radius 3 is 2.69 bits per heavy atom. The lowest BCUT2D eigenvalue weighted by Gasteiger charge is -2.12. The number of nitrogens with zero attached hydrogens (tertiary/aromatic N) is 4. The van der Waals surface area contributed by atoms with E-state index in [0.717, 1.165) is 6.54 Å². The van der Waals surface area contributed by atoms with Gasteiger partial charge in [0.25, 0.3) is 0 Å². The van der Waals surface area contributed by atoms with Crippen molar-refractivity contribution in [2.75, 3.05) is 13.7 Å². The Hall–Kier alpha value is -1.51. The Morgan fingerprint density at radius 1 is 1.38 bits per heavy atom. The molecule has 0 atom stereocenters. The van der Waals surface area contributed by atoms with Crippen molar-refractivity contribution in [1.82, 2.24) is 4.90 Å². The highest BCUT2D eigenvalue weighted by Gasteiger charge is 1.96. The first kappa shape index (κ1) is 9.58. The third-order valence-electron chi connectivity index (χ3n) is 1.66. The molecule has 4 nitrogen and oxygen atoms in total. The Morgan fingerprint density at radius 2 is 2.08 bits per heavy atom. The van der Waals surface area contributed by atoms with Gasteiger partial charge in [0.1, 0.15) is 0 Å². The quantitative estimate of drug-likeness (QED) is 0.394. The maximum atomic E-state index is 8.11. The molecule has 0 fully saturated rings. The summed E-state index contributed by atoms with van der Waals surface area (Å²) in [5, 5.41) is 3.47. The van der Waals surface area contributed by atoms with Crippen LogP contribution in [-0.4, -0.2) is 18.6 Å². The minimum absolute atomic E-state index is 0.408. The van der Waals surface area contributed by atoms with E-state index in [4.69, 9.17) is 5.53 Å². The standard InChI is InChI=1S/C9H12N4/c1-13(8-11-12-10)7-9-5-3-2-4-6-9/h2-6H,7-8H2,1H3. The second-order valence-electron chi connectivity index (χ2n) is 2.87. The molecule has 4 heteroatoms. The first-order valence-corrected chi connectivity index (χ1v) is 4.06. The molecule has 0 aromatic heterocycles. The summed E-state index contributed by atoms with van der Waals surface area (Å²) < 4.78 is 0. The largest absolute Gasteiger partial charge is 0.297 e. The van der Waals surface area contributed by atoms with Gasteiger partial charge in [-0.3, -0.25) is 4.90 Å². The van der Waals surface area contributed by atoms with E-state index in [1.807, 2.05) is 42.3 Å². The van der Waals surface area contributed by atoms with Crippen molar-refractivity contribution >= 4 is 0 Å². The molecule has 0 bridgehead atoms. The van der Waals surface area contributed by atoms with Gasteiger partial charge in [0.2, 0.25) is 0 Å². The minimum Gasteiger partial charge on any atom is -0.297 e. The molecule has 13 heavy (non-hydrogen) atoms. The number of hydrogen-bond acceptors (Lipinski definition) is 2. The van der Waals surface area contributed by atoms with E-state index >= 15 is 0 Å². The van der Waals surface area contributed by atoms with Crippen molar-refractivity contribution in [2.45, 2.75) is 6.54 Å². The molecule has 0 saturated heterocycles. The lowest BCUT2D eigenvalue weighted by atomic mass is 10.2. The number of benzene rings is 1. The summed E-state index contributed by atoms with van der Waals surface area (Å²) in [5.41, 5.74) is 9.33. The average Bonchev–Trinajstić information content (AvgIpc) is 2.16. The van der Waals surface area contributed by atoms with Gasteiger partial charge in [-0.1, -0.05) is 35.4 Å². The van der Waals surface area contributed by atoms with E-state index in [9.17, 15) is 0 Å². The molecular formula is C9H12N4. The zero-order chi connectivity index (χ0) is 9.52. The summed E-state index contributed by atoms with van der Waals surface area (Å²) in [6, 6.07) is 10.1. The molecule has 0 aliphatic rings. The summed E-state index contributed by atoms with van der Waals surface area (Å²) in [5.74, 6) is 0. The average molecular weight is 176 g/mol. The molecule has 0 heterocycles. The van der Waals surface area contributed by atoms with Gasteiger partial charge in [0.05, 0.1) is 6.67 Å². The van der Waals surface area contributed by atoms with E-state index in [0.29, 0.717) is 6.67 Å². The molecule has 1 aromatic carbocycles. The van der Waals surface area contributed by atoms with Crippen LogP contribution < -0.4 is 0 Å². The molecular weight excluding hydrogens is 164 g/mol. The van der Waals surface area contributed by atoms with E-state index in [2.05, 4.69) is 10.0 Å². The fourth-order valence-corrected chi connectivity index (χ4v) is 1.08. The summed E-state index contributed by atoms with van der Waals surface area (Å²) in [7, 11) is 1.92. The van der Waals surface area contributed by atoms with Gasteiger partial charge in [0, 0.05) is 11.5 Å². The van der Waals surface area contributed by atoms with Gasteiger partial charge in [-0.25, -0.2) is 0 Å². The van der Waals surface area contributed by atoms with Crippen molar-refractivity contribution < 1.29 is 0 Å². The SMILES string of the molecule is CN(CN=[N+]=[N-])Cc1ccccc1. The van der Waals surface area contributed by atoms with Crippen molar-refractivity contribution in [2.24, 2.45) is 5.11 Å². The molecule has 0 saturated carbocycles. The van der Waals surface area contributed by atoms with Crippen molar-refractivity contribution in [3.8, 4) is 0 Å². The lowest BCUT2D eigenvalue weighted by molar-refractivity contribution is 0.337. The number of azide groups is 1. The third kappa shape index (κ3) is 3.60. The van der Waals surface area contributed by atoms with Crippen LogP contribution in [0.2, 0.25) is 0 Å². The molecule has 1 rings (SSSR count). The van der Waals surface area contributed by atoms with Gasteiger partial charge in [-0.2, -0.15) is 0 Å². The second-order valence-corrected chi connectivity index (χ2v) is 2.87. The van der Waals surface area contributed by atoms with Gasteiger partial charge in [0.15, 0.2) is 0 Å². The monoisotopic (exact) mass is 176 g/mol. The summed E-state index contributed by atoms with van der Waals surface area (Å²) in [6.45, 7) is 1.21. The molecule has 0 radical (unpaired) electrons. The molecule has 0 aliphatic carbocycles. The van der Waals surface area contributed by atoms with Crippen LogP contribution in [0, 0.1) is 0 Å². The first-order valence-electron chi connectivity index (χ1n) is 4.06. The van der Waals surface area contributed by atoms with E-state index in [-0.39, 0.29) is 0 Å². The van der Waals surface area contributed by atoms with E-state index in [1.165, 1.54) is 5.56 Å². The second kappa shape index (κ2) is 5.19. The van der Waals surface area contributed by atoms with Crippen molar-refractivity contribution in [3.63, 3.8) is 0 Å². The lowest BCUT2D eigenvalue weighted by Crippen LogP contribution is -2.17. The molecule has 68 valence electrons. The topological polar surface area (TPSA) is 52.0 Å². The summed E-state index contributed by atoms with van der Waals surface area (Å²) in [6.07, 6.45) is 0. The summed E-state index contributed by atoms with van der Waals surface area (Å²) in [4.78, 5) is 4.65. The van der Waals surface area contributed by atoms with Gasteiger partial charge < -0.3 is 0 Å². The highest BCUT2D eigenvalue weighted by atomic mass is 15.3. The zero-order valence-electron chi connectivity index (χ0n) is 7.59. The maximum absolute atomic E-state index is 8.11. The fourth-order valence-electron chi connectivity index (χ4n) is 1.08. The van der Waals surface area contributed by atoms with Crippen LogP contribution in [0.25, 0.3) is 10.4 Å². The van der Waals surface area contributed by atoms with Crippen molar-refractivity contribution in [1.29, 1.82) is 0 Å². The predicted octanol–water partition coefficient (Wildman–Crippen LogP) is 2.39. The van der Waals surface area contributed by atoms with Crippen molar-refractivity contribution in [3.05, 3.63) is 46.3 Å². The predicted molar refractivity (Wildman–Crippen MR) is 51.9 cm³/mol.